The molecule has 96 valence electrons. The molecule has 2 heteroatoms. The molecule has 0 fully saturated rings. The monoisotopic (exact) mass is 234 g/mol. The van der Waals surface area contributed by atoms with Crippen molar-refractivity contribution in [3.8, 4) is 0 Å². The fraction of sp³-hybridized carbons (Fsp3) is 0.600. The van der Waals surface area contributed by atoms with Gasteiger partial charge in [0.25, 0.3) is 0 Å². The van der Waals surface area contributed by atoms with E-state index in [1.165, 1.54) is 11.1 Å². The number of rotatable bonds is 6. The van der Waals surface area contributed by atoms with Crippen LogP contribution in [0.25, 0.3) is 0 Å². The summed E-state index contributed by atoms with van der Waals surface area (Å²) in [5.74, 6) is 0. The Hall–Kier alpha value is -0.860. The Balaban J connectivity index is 2.58. The van der Waals surface area contributed by atoms with Gasteiger partial charge in [0, 0.05) is 18.6 Å². The van der Waals surface area contributed by atoms with Gasteiger partial charge in [0.2, 0.25) is 0 Å². The van der Waals surface area contributed by atoms with Crippen molar-refractivity contribution in [2.45, 2.75) is 45.7 Å². The minimum absolute atomic E-state index is 0.0431. The zero-order valence-electron chi connectivity index (χ0n) is 11.7. The van der Waals surface area contributed by atoms with Gasteiger partial charge >= 0.3 is 0 Å². The summed E-state index contributed by atoms with van der Waals surface area (Å²) in [7, 11) is 2.15. The molecule has 0 heterocycles. The quantitative estimate of drug-likeness (QED) is 0.820. The summed E-state index contributed by atoms with van der Waals surface area (Å²) in [5, 5.41) is 0. The number of hydrogen-bond acceptors (Lipinski definition) is 2. The summed E-state index contributed by atoms with van der Waals surface area (Å²) < 4.78 is 0. The fourth-order valence-corrected chi connectivity index (χ4v) is 2.19. The Morgan fingerprint density at radius 2 is 1.88 bits per heavy atom. The van der Waals surface area contributed by atoms with Gasteiger partial charge in [-0.05, 0) is 32.4 Å². The molecule has 0 spiro atoms. The molecule has 0 aliphatic carbocycles. The first-order chi connectivity index (χ1) is 7.99. The largest absolute Gasteiger partial charge is 0.324 e. The lowest BCUT2D eigenvalue weighted by Crippen LogP contribution is -2.48. The van der Waals surface area contributed by atoms with Gasteiger partial charge < -0.3 is 10.6 Å². The predicted molar refractivity (Wildman–Crippen MR) is 75.0 cm³/mol. The van der Waals surface area contributed by atoms with Crippen LogP contribution in [0.5, 0.6) is 0 Å². The van der Waals surface area contributed by atoms with E-state index in [2.05, 4.69) is 57.0 Å². The second-order valence-electron chi connectivity index (χ2n) is 5.23. The van der Waals surface area contributed by atoms with E-state index >= 15 is 0 Å². The van der Waals surface area contributed by atoms with Crippen LogP contribution in [0.1, 0.15) is 37.8 Å². The molecular formula is C15H26N2. The summed E-state index contributed by atoms with van der Waals surface area (Å²) in [5.41, 5.74) is 8.98. The molecule has 1 aromatic carbocycles. The van der Waals surface area contributed by atoms with Gasteiger partial charge in [-0.3, -0.25) is 0 Å². The number of aryl methyl sites for hydroxylation is 1. The third-order valence-electron chi connectivity index (χ3n) is 3.53. The zero-order valence-corrected chi connectivity index (χ0v) is 11.7. The third kappa shape index (κ3) is 4.49. The highest BCUT2D eigenvalue weighted by atomic mass is 15.1. The minimum atomic E-state index is -0.0431. The zero-order chi connectivity index (χ0) is 12.9. The van der Waals surface area contributed by atoms with Crippen molar-refractivity contribution < 1.29 is 0 Å². The smallest absolute Gasteiger partial charge is 0.0278 e. The molecule has 0 saturated heterocycles. The Morgan fingerprint density at radius 3 is 2.41 bits per heavy atom. The summed E-state index contributed by atoms with van der Waals surface area (Å²) in [6, 6.07) is 8.68. The van der Waals surface area contributed by atoms with E-state index in [-0.39, 0.29) is 5.54 Å². The summed E-state index contributed by atoms with van der Waals surface area (Å²) in [4.78, 5) is 2.32. The standard InChI is InChI=1S/C15H26N2/c1-5-15(16,6-2)12-17(4)11-14-9-7-8-13(3)10-14/h7-10H,5-6,11-12,16H2,1-4H3. The number of nitrogens with two attached hydrogens (primary N) is 1. The molecule has 0 aliphatic heterocycles. The molecule has 0 bridgehead atoms. The molecule has 1 aromatic rings. The van der Waals surface area contributed by atoms with Crippen LogP contribution >= 0.6 is 0 Å². The van der Waals surface area contributed by atoms with Crippen LogP contribution in [-0.2, 0) is 6.54 Å². The summed E-state index contributed by atoms with van der Waals surface area (Å²) >= 11 is 0. The highest BCUT2D eigenvalue weighted by Gasteiger charge is 2.21. The van der Waals surface area contributed by atoms with E-state index in [9.17, 15) is 0 Å². The van der Waals surface area contributed by atoms with Gasteiger partial charge in [-0.1, -0.05) is 43.7 Å². The normalized spacial score (nSPS) is 12.1. The van der Waals surface area contributed by atoms with E-state index in [0.717, 1.165) is 25.9 Å². The van der Waals surface area contributed by atoms with Crippen LogP contribution in [0.15, 0.2) is 24.3 Å². The minimum Gasteiger partial charge on any atom is -0.324 e. The number of likely N-dealkylation sites (N-methyl/N-ethyl adjacent to an activating group) is 1. The average molecular weight is 234 g/mol. The van der Waals surface area contributed by atoms with Gasteiger partial charge in [-0.15, -0.1) is 0 Å². The first-order valence-electron chi connectivity index (χ1n) is 6.52. The number of benzene rings is 1. The van der Waals surface area contributed by atoms with Gasteiger partial charge in [0.1, 0.15) is 0 Å². The lowest BCUT2D eigenvalue weighted by atomic mass is 9.93. The van der Waals surface area contributed by atoms with Crippen molar-refractivity contribution in [3.63, 3.8) is 0 Å². The van der Waals surface area contributed by atoms with Crippen LogP contribution < -0.4 is 5.73 Å². The maximum atomic E-state index is 6.34. The molecule has 2 nitrogen and oxygen atoms in total. The molecule has 17 heavy (non-hydrogen) atoms. The highest BCUT2D eigenvalue weighted by Crippen LogP contribution is 2.14. The van der Waals surface area contributed by atoms with Gasteiger partial charge in [-0.25, -0.2) is 0 Å². The first-order valence-corrected chi connectivity index (χ1v) is 6.52. The van der Waals surface area contributed by atoms with Crippen molar-refractivity contribution >= 4 is 0 Å². The van der Waals surface area contributed by atoms with Crippen molar-refractivity contribution in [1.29, 1.82) is 0 Å². The lowest BCUT2D eigenvalue weighted by molar-refractivity contribution is 0.228. The number of hydrogen-bond donors (Lipinski definition) is 1. The van der Waals surface area contributed by atoms with Gasteiger partial charge in [0.05, 0.1) is 0 Å². The van der Waals surface area contributed by atoms with E-state index in [0.29, 0.717) is 0 Å². The van der Waals surface area contributed by atoms with Crippen molar-refractivity contribution in [2.75, 3.05) is 13.6 Å². The molecular weight excluding hydrogens is 208 g/mol. The predicted octanol–water partition coefficient (Wildman–Crippen LogP) is 2.94. The Labute approximate surface area is 106 Å². The van der Waals surface area contributed by atoms with Crippen molar-refractivity contribution in [2.24, 2.45) is 5.73 Å². The van der Waals surface area contributed by atoms with Crippen LogP contribution in [0.4, 0.5) is 0 Å². The van der Waals surface area contributed by atoms with Crippen molar-refractivity contribution in [1.82, 2.24) is 4.90 Å². The molecule has 0 radical (unpaired) electrons. The molecule has 2 N–H and O–H groups in total. The number of nitrogens with zero attached hydrogens (tertiary/aromatic N) is 1. The van der Waals surface area contributed by atoms with Crippen LogP contribution in [-0.4, -0.2) is 24.0 Å². The molecule has 0 atom stereocenters. The molecule has 0 amide bonds. The van der Waals surface area contributed by atoms with Crippen LogP contribution in [0.2, 0.25) is 0 Å². The topological polar surface area (TPSA) is 29.3 Å². The Kier molecular flexibility index (Phi) is 5.16. The maximum Gasteiger partial charge on any atom is 0.0278 e. The SMILES string of the molecule is CCC(N)(CC)CN(C)Cc1cccc(C)c1. The molecule has 1 rings (SSSR count). The molecule has 0 saturated carbocycles. The molecule has 0 aliphatic rings. The fourth-order valence-electron chi connectivity index (χ4n) is 2.19. The van der Waals surface area contributed by atoms with E-state index < -0.39 is 0 Å². The lowest BCUT2D eigenvalue weighted by Gasteiger charge is -2.32. The third-order valence-corrected chi connectivity index (χ3v) is 3.53. The summed E-state index contributed by atoms with van der Waals surface area (Å²) in [6.07, 6.45) is 2.06. The first kappa shape index (κ1) is 14.2. The van der Waals surface area contributed by atoms with Crippen LogP contribution in [0.3, 0.4) is 0 Å². The summed E-state index contributed by atoms with van der Waals surface area (Å²) in [6.45, 7) is 8.40. The maximum absolute atomic E-state index is 6.34. The highest BCUT2D eigenvalue weighted by molar-refractivity contribution is 5.22. The van der Waals surface area contributed by atoms with Gasteiger partial charge in [0.15, 0.2) is 0 Å². The Bertz CT molecular complexity index is 343. The molecule has 0 aromatic heterocycles. The second-order valence-corrected chi connectivity index (χ2v) is 5.23. The second kappa shape index (κ2) is 6.18. The van der Waals surface area contributed by atoms with Crippen molar-refractivity contribution in [3.05, 3.63) is 35.4 Å². The Morgan fingerprint density at radius 1 is 1.24 bits per heavy atom. The van der Waals surface area contributed by atoms with Crippen LogP contribution in [0, 0.1) is 6.92 Å². The van der Waals surface area contributed by atoms with Gasteiger partial charge in [-0.2, -0.15) is 0 Å². The average Bonchev–Trinajstić information content (AvgIpc) is 2.28. The van der Waals surface area contributed by atoms with E-state index in [1.807, 2.05) is 0 Å². The van der Waals surface area contributed by atoms with E-state index in [4.69, 9.17) is 5.73 Å². The molecule has 0 unspecified atom stereocenters. The van der Waals surface area contributed by atoms with E-state index in [1.54, 1.807) is 0 Å².